The van der Waals surface area contributed by atoms with Crippen molar-refractivity contribution < 1.29 is 9.53 Å². The maximum atomic E-state index is 12.5. The maximum Gasteiger partial charge on any atom is 0.267 e. The van der Waals surface area contributed by atoms with Gasteiger partial charge in [0.1, 0.15) is 5.75 Å². The molecule has 0 spiro atoms. The molecule has 0 saturated heterocycles. The Labute approximate surface area is 171 Å². The van der Waals surface area contributed by atoms with Gasteiger partial charge in [-0.3, -0.25) is 10.1 Å². The Balaban J connectivity index is 1.56. The van der Waals surface area contributed by atoms with E-state index in [0.29, 0.717) is 22.3 Å². The molecule has 0 saturated carbocycles. The lowest BCUT2D eigenvalue weighted by atomic mass is 10.2. The van der Waals surface area contributed by atoms with E-state index in [1.807, 2.05) is 37.3 Å². The molecule has 1 amide bonds. The molecule has 3 aromatic rings. The third-order valence-corrected chi connectivity index (χ3v) is 5.97. The molecule has 0 aliphatic heterocycles. The van der Waals surface area contributed by atoms with Crippen LogP contribution in [-0.4, -0.2) is 22.2 Å². The predicted molar refractivity (Wildman–Crippen MR) is 111 cm³/mol. The van der Waals surface area contributed by atoms with Gasteiger partial charge in [-0.25, -0.2) is 0 Å². The zero-order valence-corrected chi connectivity index (χ0v) is 17.0. The summed E-state index contributed by atoms with van der Waals surface area (Å²) in [6, 6.07) is 17.2. The van der Waals surface area contributed by atoms with Gasteiger partial charge in [0.05, 0.1) is 5.02 Å². The van der Waals surface area contributed by atoms with Crippen molar-refractivity contribution in [1.82, 2.24) is 10.2 Å². The van der Waals surface area contributed by atoms with Gasteiger partial charge < -0.3 is 4.74 Å². The fraction of sp³-hybridized carbons (Fsp3) is 0.211. The monoisotopic (exact) mass is 419 g/mol. The Morgan fingerprint density at radius 3 is 2.67 bits per heavy atom. The van der Waals surface area contributed by atoms with Crippen molar-refractivity contribution in [3.63, 3.8) is 0 Å². The third-order valence-electron chi connectivity index (χ3n) is 3.61. The number of nitrogens with zero attached hydrogens (tertiary/aromatic N) is 2. The van der Waals surface area contributed by atoms with Crippen LogP contribution in [0.3, 0.4) is 0 Å². The number of hydrogen-bond donors (Lipinski definition) is 1. The summed E-state index contributed by atoms with van der Waals surface area (Å²) in [5.74, 6) is 1.02. The van der Waals surface area contributed by atoms with Crippen LogP contribution >= 0.6 is 34.7 Å². The molecule has 3 rings (SSSR count). The van der Waals surface area contributed by atoms with Crippen LogP contribution in [0.25, 0.3) is 0 Å². The number of para-hydroxylation sites is 1. The second-order valence-corrected chi connectivity index (χ2v) is 8.19. The smallest absolute Gasteiger partial charge is 0.267 e. The maximum absolute atomic E-state index is 12.5. The zero-order chi connectivity index (χ0) is 19.1. The van der Waals surface area contributed by atoms with Crippen LogP contribution in [0, 0.1) is 0 Å². The molecule has 1 aromatic heterocycles. The highest BCUT2D eigenvalue weighted by molar-refractivity contribution is 8.00. The van der Waals surface area contributed by atoms with E-state index < -0.39 is 6.10 Å². The lowest BCUT2D eigenvalue weighted by Gasteiger charge is -2.17. The average molecular weight is 420 g/mol. The molecule has 0 aliphatic rings. The molecule has 8 heteroatoms. The number of nitrogens with one attached hydrogen (secondary N) is 1. The minimum absolute atomic E-state index is 0.270. The number of carbonyl (C=O) groups excluding carboxylic acids is 1. The number of anilines is 1. The van der Waals surface area contributed by atoms with Gasteiger partial charge in [-0.1, -0.05) is 84.1 Å². The summed E-state index contributed by atoms with van der Waals surface area (Å²) in [6.45, 7) is 1.88. The molecular weight excluding hydrogens is 402 g/mol. The molecule has 1 heterocycles. The normalized spacial score (nSPS) is 11.8. The number of thioether (sulfide) groups is 1. The molecule has 27 heavy (non-hydrogen) atoms. The van der Waals surface area contributed by atoms with Crippen molar-refractivity contribution in [3.05, 3.63) is 65.2 Å². The van der Waals surface area contributed by atoms with Gasteiger partial charge in [-0.2, -0.15) is 0 Å². The molecule has 0 unspecified atom stereocenters. The third kappa shape index (κ3) is 5.69. The van der Waals surface area contributed by atoms with Crippen LogP contribution in [0.4, 0.5) is 5.13 Å². The van der Waals surface area contributed by atoms with E-state index in [1.165, 1.54) is 16.9 Å². The SMILES string of the molecule is CC[C@@H](Oc1ccccc1Cl)C(=O)Nc1nnc(SCc2ccccc2)s1. The van der Waals surface area contributed by atoms with Crippen LogP contribution in [-0.2, 0) is 10.5 Å². The first-order valence-corrected chi connectivity index (χ1v) is 10.6. The number of amides is 1. The van der Waals surface area contributed by atoms with E-state index in [0.717, 1.165) is 10.1 Å². The molecule has 0 bridgehead atoms. The minimum Gasteiger partial charge on any atom is -0.479 e. The lowest BCUT2D eigenvalue weighted by Crippen LogP contribution is -2.32. The highest BCUT2D eigenvalue weighted by Gasteiger charge is 2.21. The molecule has 0 aliphatic carbocycles. The number of carbonyl (C=O) groups is 1. The molecule has 140 valence electrons. The molecule has 1 atom stereocenters. The number of rotatable bonds is 8. The standard InChI is InChI=1S/C19H18ClN3O2S2/c1-2-15(25-16-11-7-6-10-14(16)20)17(24)21-18-22-23-19(27-18)26-12-13-8-4-3-5-9-13/h3-11,15H,2,12H2,1H3,(H,21,22,24)/t15-/m1/s1. The molecule has 2 aromatic carbocycles. The topological polar surface area (TPSA) is 64.1 Å². The van der Waals surface area contributed by atoms with Gasteiger partial charge in [0.25, 0.3) is 5.91 Å². The first-order valence-electron chi connectivity index (χ1n) is 8.38. The van der Waals surface area contributed by atoms with E-state index in [2.05, 4.69) is 27.6 Å². The van der Waals surface area contributed by atoms with Crippen LogP contribution < -0.4 is 10.1 Å². The lowest BCUT2D eigenvalue weighted by molar-refractivity contribution is -0.122. The average Bonchev–Trinajstić information content (AvgIpc) is 3.14. The van der Waals surface area contributed by atoms with Crippen molar-refractivity contribution in [2.75, 3.05) is 5.32 Å². The number of halogens is 1. The fourth-order valence-electron chi connectivity index (χ4n) is 2.24. The predicted octanol–water partition coefficient (Wildman–Crippen LogP) is 5.28. The quantitative estimate of drug-likeness (QED) is 0.397. The fourth-order valence-corrected chi connectivity index (χ4v) is 4.13. The second kappa shape index (κ2) is 9.73. The highest BCUT2D eigenvalue weighted by atomic mass is 35.5. The number of hydrogen-bond acceptors (Lipinski definition) is 6. The number of benzene rings is 2. The van der Waals surface area contributed by atoms with Gasteiger partial charge in [-0.05, 0) is 24.1 Å². The molecular formula is C19H18ClN3O2S2. The molecule has 0 fully saturated rings. The minimum atomic E-state index is -0.658. The van der Waals surface area contributed by atoms with Crippen molar-refractivity contribution in [1.29, 1.82) is 0 Å². The summed E-state index contributed by atoms with van der Waals surface area (Å²) in [5, 5.41) is 11.9. The van der Waals surface area contributed by atoms with E-state index >= 15 is 0 Å². The van der Waals surface area contributed by atoms with Crippen LogP contribution in [0.5, 0.6) is 5.75 Å². The first-order chi connectivity index (χ1) is 13.2. The Morgan fingerprint density at radius 1 is 1.19 bits per heavy atom. The van der Waals surface area contributed by atoms with E-state index in [4.69, 9.17) is 16.3 Å². The summed E-state index contributed by atoms with van der Waals surface area (Å²) < 4.78 is 6.55. The van der Waals surface area contributed by atoms with Crippen molar-refractivity contribution in [2.24, 2.45) is 0 Å². The summed E-state index contributed by atoms with van der Waals surface area (Å²) in [5.41, 5.74) is 1.21. The van der Waals surface area contributed by atoms with Gasteiger partial charge in [0, 0.05) is 5.75 Å². The Hall–Kier alpha value is -2.09. The van der Waals surface area contributed by atoms with Crippen molar-refractivity contribution in [3.8, 4) is 5.75 Å². The number of aromatic nitrogens is 2. The Kier molecular flexibility index (Phi) is 7.09. The van der Waals surface area contributed by atoms with Crippen LogP contribution in [0.2, 0.25) is 5.02 Å². The largest absolute Gasteiger partial charge is 0.479 e. The van der Waals surface area contributed by atoms with Gasteiger partial charge in [-0.15, -0.1) is 10.2 Å². The summed E-state index contributed by atoms with van der Waals surface area (Å²) in [7, 11) is 0. The molecule has 1 N–H and O–H groups in total. The van der Waals surface area contributed by atoms with E-state index in [-0.39, 0.29) is 5.91 Å². The van der Waals surface area contributed by atoms with Gasteiger partial charge in [0.2, 0.25) is 5.13 Å². The molecule has 5 nitrogen and oxygen atoms in total. The van der Waals surface area contributed by atoms with Crippen LogP contribution in [0.1, 0.15) is 18.9 Å². The summed E-state index contributed by atoms with van der Waals surface area (Å²) in [6.07, 6.45) is -0.153. The van der Waals surface area contributed by atoms with Gasteiger partial charge in [0.15, 0.2) is 10.4 Å². The van der Waals surface area contributed by atoms with Gasteiger partial charge >= 0.3 is 0 Å². The van der Waals surface area contributed by atoms with E-state index in [1.54, 1.807) is 23.9 Å². The second-order valence-electron chi connectivity index (χ2n) is 5.58. The summed E-state index contributed by atoms with van der Waals surface area (Å²) in [4.78, 5) is 12.5. The first kappa shape index (κ1) is 19.7. The van der Waals surface area contributed by atoms with Crippen LogP contribution in [0.15, 0.2) is 58.9 Å². The summed E-state index contributed by atoms with van der Waals surface area (Å²) >= 11 is 9.03. The Morgan fingerprint density at radius 2 is 1.93 bits per heavy atom. The zero-order valence-electron chi connectivity index (χ0n) is 14.6. The van der Waals surface area contributed by atoms with Crippen molar-refractivity contribution in [2.45, 2.75) is 29.5 Å². The molecule has 0 radical (unpaired) electrons. The van der Waals surface area contributed by atoms with E-state index in [9.17, 15) is 4.79 Å². The Bertz CT molecular complexity index is 889. The number of ether oxygens (including phenoxy) is 1. The van der Waals surface area contributed by atoms with Crippen molar-refractivity contribution >= 4 is 45.7 Å². The highest BCUT2D eigenvalue weighted by Crippen LogP contribution is 2.29.